The molecule has 0 fully saturated rings. The largest absolute Gasteiger partial charge is 0.307 e. The molecule has 0 radical (unpaired) electrons. The van der Waals surface area contributed by atoms with Crippen molar-refractivity contribution in [1.82, 2.24) is 14.5 Å². The van der Waals surface area contributed by atoms with Crippen molar-refractivity contribution in [2.45, 2.75) is 38.5 Å². The first kappa shape index (κ1) is 28.3. The van der Waals surface area contributed by atoms with Crippen molar-refractivity contribution >= 4 is 53.4 Å². The van der Waals surface area contributed by atoms with Crippen LogP contribution in [0, 0.1) is 0 Å². The lowest BCUT2D eigenvalue weighted by molar-refractivity contribution is 0.631. The molecule has 0 N–H and O–H groups in total. The van der Waals surface area contributed by atoms with Crippen LogP contribution in [0.15, 0.2) is 127 Å². The van der Waals surface area contributed by atoms with Crippen molar-refractivity contribution in [3.63, 3.8) is 0 Å². The highest BCUT2D eigenvalue weighted by Crippen LogP contribution is 2.53. The summed E-state index contributed by atoms with van der Waals surface area (Å²) in [4.78, 5) is 10.8. The molecule has 0 saturated heterocycles. The molecule has 9 aromatic rings. The number of hydrogen-bond donors (Lipinski definition) is 0. The van der Waals surface area contributed by atoms with Gasteiger partial charge in [0.05, 0.1) is 32.6 Å². The average molecular weight is 660 g/mol. The van der Waals surface area contributed by atoms with E-state index in [4.69, 9.17) is 9.97 Å². The topological polar surface area (TPSA) is 30.7 Å². The Morgan fingerprint density at radius 2 is 1.24 bits per heavy atom. The second-order valence-corrected chi connectivity index (χ2v) is 16.0. The molecule has 6 aromatic carbocycles. The van der Waals surface area contributed by atoms with Gasteiger partial charge in [-0.15, -0.1) is 11.3 Å². The molecule has 4 heteroatoms. The predicted octanol–water partition coefficient (Wildman–Crippen LogP) is 12.2. The Morgan fingerprint density at radius 1 is 0.540 bits per heavy atom. The van der Waals surface area contributed by atoms with E-state index in [2.05, 4.69) is 160 Å². The summed E-state index contributed by atoms with van der Waals surface area (Å²) in [5, 5.41) is 3.70. The van der Waals surface area contributed by atoms with Crippen LogP contribution in [0.2, 0.25) is 0 Å². The summed E-state index contributed by atoms with van der Waals surface area (Å²) in [5.41, 5.74) is 15.6. The number of benzene rings is 6. The molecule has 0 spiro atoms. The summed E-state index contributed by atoms with van der Waals surface area (Å²) in [6.07, 6.45) is 0. The molecular formula is C46H33N3S. The zero-order valence-corrected chi connectivity index (χ0v) is 29.2. The zero-order valence-electron chi connectivity index (χ0n) is 28.4. The van der Waals surface area contributed by atoms with Crippen molar-refractivity contribution in [3.05, 3.63) is 150 Å². The highest BCUT2D eigenvalue weighted by molar-refractivity contribution is 7.26. The summed E-state index contributed by atoms with van der Waals surface area (Å²) in [5.74, 6) is 0.765. The number of nitrogens with zero attached hydrogens (tertiary/aromatic N) is 3. The van der Waals surface area contributed by atoms with Gasteiger partial charge >= 0.3 is 0 Å². The van der Waals surface area contributed by atoms with Crippen molar-refractivity contribution in [2.24, 2.45) is 0 Å². The molecule has 0 saturated carbocycles. The van der Waals surface area contributed by atoms with E-state index in [9.17, 15) is 0 Å². The van der Waals surface area contributed by atoms with Gasteiger partial charge in [-0.2, -0.15) is 0 Å². The summed E-state index contributed by atoms with van der Waals surface area (Å²) < 4.78 is 5.20. The standard InChI is InChI=1S/C46H33N3S/c1-45(2)33-18-8-5-13-27(33)28-24-23-26(25-35(28)45)40-29-14-6-9-20-36(29)47-44(48-40)31-16-12-21-37-39(31)46(3,4)34-19-11-17-32-41(34)49(37)42-30-15-7-10-22-38(30)50-43(32)42/h5-25H,1-4H3. The number of fused-ring (bicyclic) bond motifs is 11. The molecule has 3 nitrogen and oxygen atoms in total. The van der Waals surface area contributed by atoms with Gasteiger partial charge in [-0.05, 0) is 57.6 Å². The SMILES string of the molecule is CC1(C)c2ccccc2-c2ccc(-c3nc(-c4cccc5c4C(C)(C)c4cccc6c7sc8ccccc8c7n-5c46)nc4ccccc34)cc21. The second-order valence-electron chi connectivity index (χ2n) is 15.0. The minimum absolute atomic E-state index is 0.0945. The van der Waals surface area contributed by atoms with E-state index in [1.54, 1.807) is 0 Å². The minimum atomic E-state index is -0.281. The Hall–Kier alpha value is -5.58. The molecule has 1 aliphatic heterocycles. The van der Waals surface area contributed by atoms with E-state index in [-0.39, 0.29) is 10.8 Å². The molecule has 0 amide bonds. The van der Waals surface area contributed by atoms with Gasteiger partial charge < -0.3 is 4.57 Å². The molecule has 1 aliphatic carbocycles. The van der Waals surface area contributed by atoms with Crippen LogP contribution in [0.3, 0.4) is 0 Å². The Labute approximate surface area is 294 Å². The first-order valence-corrected chi connectivity index (χ1v) is 18.2. The maximum absolute atomic E-state index is 5.51. The fourth-order valence-corrected chi connectivity index (χ4v) is 10.4. The fraction of sp³-hybridized carbons (Fsp3) is 0.130. The minimum Gasteiger partial charge on any atom is -0.307 e. The molecular weight excluding hydrogens is 627 g/mol. The van der Waals surface area contributed by atoms with Gasteiger partial charge in [-0.25, -0.2) is 9.97 Å². The zero-order chi connectivity index (χ0) is 33.5. The van der Waals surface area contributed by atoms with Gasteiger partial charge in [0.1, 0.15) is 0 Å². The smallest absolute Gasteiger partial charge is 0.160 e. The lowest BCUT2D eigenvalue weighted by Crippen LogP contribution is -2.27. The number of rotatable bonds is 2. The van der Waals surface area contributed by atoms with E-state index >= 15 is 0 Å². The number of aromatic nitrogens is 3. The van der Waals surface area contributed by atoms with Crippen LogP contribution in [-0.2, 0) is 10.8 Å². The summed E-state index contributed by atoms with van der Waals surface area (Å²) in [6.45, 7) is 9.42. The van der Waals surface area contributed by atoms with E-state index < -0.39 is 0 Å². The van der Waals surface area contributed by atoms with E-state index in [0.717, 1.165) is 33.5 Å². The Morgan fingerprint density at radius 3 is 2.14 bits per heavy atom. The lowest BCUT2D eigenvalue weighted by atomic mass is 9.72. The summed E-state index contributed by atoms with van der Waals surface area (Å²) in [6, 6.07) is 46.6. The maximum Gasteiger partial charge on any atom is 0.160 e. The lowest BCUT2D eigenvalue weighted by Gasteiger charge is -2.36. The highest BCUT2D eigenvalue weighted by Gasteiger charge is 2.39. The third kappa shape index (κ3) is 3.49. The second kappa shape index (κ2) is 9.56. The molecule has 0 bridgehead atoms. The summed E-state index contributed by atoms with van der Waals surface area (Å²) in [7, 11) is 0. The number of hydrogen-bond acceptors (Lipinski definition) is 3. The monoisotopic (exact) mass is 659 g/mol. The van der Waals surface area contributed by atoms with Gasteiger partial charge in [0.25, 0.3) is 0 Å². The number of para-hydroxylation sites is 2. The number of thiophene rings is 1. The highest BCUT2D eigenvalue weighted by atomic mass is 32.1. The van der Waals surface area contributed by atoms with Crippen LogP contribution in [0.1, 0.15) is 49.9 Å². The fourth-order valence-electron chi connectivity index (χ4n) is 9.23. The van der Waals surface area contributed by atoms with Crippen molar-refractivity contribution in [1.29, 1.82) is 0 Å². The molecule has 0 atom stereocenters. The van der Waals surface area contributed by atoms with Crippen LogP contribution in [0.4, 0.5) is 0 Å². The van der Waals surface area contributed by atoms with Crippen LogP contribution < -0.4 is 0 Å². The van der Waals surface area contributed by atoms with Gasteiger partial charge in [-0.1, -0.05) is 131 Å². The van der Waals surface area contributed by atoms with Crippen molar-refractivity contribution < 1.29 is 0 Å². The predicted molar refractivity (Wildman–Crippen MR) is 210 cm³/mol. The first-order chi connectivity index (χ1) is 24.3. The maximum atomic E-state index is 5.51. The van der Waals surface area contributed by atoms with Crippen LogP contribution in [0.25, 0.3) is 81.6 Å². The first-order valence-electron chi connectivity index (χ1n) is 17.4. The molecule has 4 heterocycles. The molecule has 50 heavy (non-hydrogen) atoms. The Balaban J connectivity index is 1.19. The van der Waals surface area contributed by atoms with E-state index in [1.165, 1.54) is 70.3 Å². The van der Waals surface area contributed by atoms with Gasteiger partial charge in [-0.3, -0.25) is 0 Å². The molecule has 3 aromatic heterocycles. The van der Waals surface area contributed by atoms with Crippen molar-refractivity contribution in [2.75, 3.05) is 0 Å². The van der Waals surface area contributed by atoms with E-state index in [1.807, 2.05) is 11.3 Å². The normalized spacial score (nSPS) is 15.1. The molecule has 0 unspecified atom stereocenters. The third-order valence-corrected chi connectivity index (χ3v) is 12.8. The quantitative estimate of drug-likeness (QED) is 0.185. The Kier molecular flexibility index (Phi) is 5.40. The Bertz CT molecular complexity index is 2940. The third-order valence-electron chi connectivity index (χ3n) is 11.6. The van der Waals surface area contributed by atoms with Crippen LogP contribution in [-0.4, -0.2) is 14.5 Å². The summed E-state index contributed by atoms with van der Waals surface area (Å²) >= 11 is 1.90. The molecule has 11 rings (SSSR count). The average Bonchev–Trinajstić information content (AvgIpc) is 3.75. The van der Waals surface area contributed by atoms with Crippen LogP contribution in [0.5, 0.6) is 0 Å². The van der Waals surface area contributed by atoms with Crippen molar-refractivity contribution in [3.8, 4) is 39.5 Å². The van der Waals surface area contributed by atoms with Gasteiger partial charge in [0.15, 0.2) is 5.82 Å². The van der Waals surface area contributed by atoms with Crippen LogP contribution >= 0.6 is 11.3 Å². The molecule has 2 aliphatic rings. The van der Waals surface area contributed by atoms with Gasteiger partial charge in [0, 0.05) is 42.8 Å². The van der Waals surface area contributed by atoms with Gasteiger partial charge in [0.2, 0.25) is 0 Å². The molecule has 238 valence electrons. The van der Waals surface area contributed by atoms with E-state index in [0.29, 0.717) is 0 Å².